The highest BCUT2D eigenvalue weighted by Crippen LogP contribution is 2.14. The Labute approximate surface area is 226 Å². The lowest BCUT2D eigenvalue weighted by molar-refractivity contribution is -0.870. The third-order valence-electron chi connectivity index (χ3n) is 5.96. The molecule has 0 amide bonds. The third kappa shape index (κ3) is 17.9. The predicted molar refractivity (Wildman–Crippen MR) is 136 cm³/mol. The highest BCUT2D eigenvalue weighted by Gasteiger charge is 2.15. The van der Waals surface area contributed by atoms with Gasteiger partial charge >= 0.3 is 0 Å². The van der Waals surface area contributed by atoms with Crippen LogP contribution in [0.25, 0.3) is 0 Å². The first kappa shape index (κ1) is 33.5. The summed E-state index contributed by atoms with van der Waals surface area (Å²) in [6, 6.07) is 0. The number of hydrogen-bond acceptors (Lipinski definition) is 5. The number of oxazole rings is 1. The summed E-state index contributed by atoms with van der Waals surface area (Å²) in [4.78, 5) is 16.4. The van der Waals surface area contributed by atoms with Gasteiger partial charge in [0.05, 0.1) is 45.4 Å². The van der Waals surface area contributed by atoms with Crippen LogP contribution in [0.1, 0.15) is 113 Å². The number of carbonyl (C=O) groups is 1. The molecule has 200 valence electrons. The molecule has 0 unspecified atom stereocenters. The number of halogens is 1. The molecule has 0 aromatic carbocycles. The van der Waals surface area contributed by atoms with Crippen molar-refractivity contribution in [1.29, 1.82) is 0 Å². The van der Waals surface area contributed by atoms with Crippen LogP contribution in [-0.4, -0.2) is 62.9 Å². The van der Waals surface area contributed by atoms with Gasteiger partial charge in [-0.25, -0.2) is 13.4 Å². The Morgan fingerprint density at radius 3 is 2.03 bits per heavy atom. The maximum Gasteiger partial charge on any atom is 0.263 e. The molecule has 1 aromatic rings. The Bertz CT molecular complexity index is 757. The van der Waals surface area contributed by atoms with Gasteiger partial charge in [0.1, 0.15) is 5.76 Å². The molecule has 1 heterocycles. The molecule has 0 aliphatic rings. The number of aromatic nitrogens is 1. The van der Waals surface area contributed by atoms with E-state index in [2.05, 4.69) is 33.1 Å². The average Bonchev–Trinajstić information content (AvgIpc) is 3.20. The number of sulfone groups is 1. The van der Waals surface area contributed by atoms with Gasteiger partial charge in [0, 0.05) is 19.3 Å². The van der Waals surface area contributed by atoms with Crippen LogP contribution < -0.4 is 24.0 Å². The van der Waals surface area contributed by atoms with Crippen LogP contribution in [-0.2, 0) is 16.3 Å². The van der Waals surface area contributed by atoms with E-state index < -0.39 is 9.84 Å². The van der Waals surface area contributed by atoms with E-state index in [0.29, 0.717) is 25.7 Å². The number of hydrogen-bond donors (Lipinski definition) is 0. The first-order valence-electron chi connectivity index (χ1n) is 13.1. The van der Waals surface area contributed by atoms with Gasteiger partial charge in [-0.1, -0.05) is 64.7 Å². The molecule has 1 aromatic heterocycles. The maximum atomic E-state index is 12.3. The molecule has 0 radical (unpaired) electrons. The molecular formula is C26H49IN2O4S. The number of nitrogens with zero attached hydrogens (tertiary/aromatic N) is 2. The van der Waals surface area contributed by atoms with Crippen LogP contribution in [0.3, 0.4) is 0 Å². The number of unbranched alkanes of at least 4 members (excludes halogenated alkanes) is 10. The van der Waals surface area contributed by atoms with Gasteiger partial charge in [-0.3, -0.25) is 4.79 Å². The largest absolute Gasteiger partial charge is 1.00 e. The van der Waals surface area contributed by atoms with Crippen LogP contribution in [0.4, 0.5) is 0 Å². The van der Waals surface area contributed by atoms with E-state index in [9.17, 15) is 13.2 Å². The molecular weight excluding hydrogens is 563 g/mol. The summed E-state index contributed by atoms with van der Waals surface area (Å²) in [5.41, 5.74) is 0. The van der Waals surface area contributed by atoms with E-state index in [4.69, 9.17) is 4.42 Å². The zero-order chi connectivity index (χ0) is 24.6. The van der Waals surface area contributed by atoms with Gasteiger partial charge in [0.15, 0.2) is 9.84 Å². The van der Waals surface area contributed by atoms with E-state index in [1.54, 1.807) is 6.20 Å². The van der Waals surface area contributed by atoms with E-state index >= 15 is 0 Å². The second-order valence-electron chi connectivity index (χ2n) is 10.5. The fourth-order valence-corrected chi connectivity index (χ4v) is 5.33. The lowest BCUT2D eigenvalue weighted by atomic mass is 10.1. The summed E-state index contributed by atoms with van der Waals surface area (Å²) in [7, 11) is 3.26. The summed E-state index contributed by atoms with van der Waals surface area (Å²) < 4.78 is 30.7. The molecule has 0 atom stereocenters. The van der Waals surface area contributed by atoms with Gasteiger partial charge in [-0.05, 0) is 19.3 Å². The molecule has 0 aliphatic heterocycles. The standard InChI is InChI=1S/C26H49N2O4S.HI/c1-5-6-7-8-9-10-11-12-15-19-25(29)26-27-23-24(32-26)18-14-13-16-21-33(30,31)22-17-20-28(2,3)4;/h23H,5-22H2,1-4H3;1H/q+1;/p-1. The van der Waals surface area contributed by atoms with Crippen molar-refractivity contribution >= 4 is 15.6 Å². The summed E-state index contributed by atoms with van der Waals surface area (Å²) in [6.45, 7) is 3.10. The molecule has 0 saturated carbocycles. The van der Waals surface area contributed by atoms with Gasteiger partial charge in [-0.2, -0.15) is 0 Å². The van der Waals surface area contributed by atoms with Crippen LogP contribution in [0.15, 0.2) is 10.6 Å². The number of carbonyl (C=O) groups excluding carboxylic acids is 1. The summed E-state index contributed by atoms with van der Waals surface area (Å²) in [5, 5.41) is 0. The molecule has 1 rings (SSSR count). The smallest absolute Gasteiger partial charge is 0.263 e. The zero-order valence-corrected chi connectivity index (χ0v) is 25.1. The van der Waals surface area contributed by atoms with Crippen molar-refractivity contribution in [1.82, 2.24) is 4.98 Å². The molecule has 0 saturated heterocycles. The lowest BCUT2D eigenvalue weighted by Gasteiger charge is -2.23. The third-order valence-corrected chi connectivity index (χ3v) is 7.78. The average molecular weight is 613 g/mol. The Kier molecular flexibility index (Phi) is 18.5. The zero-order valence-electron chi connectivity index (χ0n) is 22.1. The van der Waals surface area contributed by atoms with Gasteiger partial charge in [-0.15, -0.1) is 0 Å². The first-order valence-corrected chi connectivity index (χ1v) is 14.9. The van der Waals surface area contributed by atoms with Gasteiger partial charge in [0.25, 0.3) is 5.89 Å². The van der Waals surface area contributed by atoms with Crippen LogP contribution in [0.5, 0.6) is 0 Å². The predicted octanol–water partition coefficient (Wildman–Crippen LogP) is 3.01. The van der Waals surface area contributed by atoms with E-state index in [1.165, 1.54) is 44.9 Å². The van der Waals surface area contributed by atoms with E-state index in [0.717, 1.165) is 42.5 Å². The van der Waals surface area contributed by atoms with Crippen molar-refractivity contribution in [2.75, 3.05) is 39.2 Å². The quantitative estimate of drug-likeness (QED) is 0.0924. The molecule has 0 fully saturated rings. The SMILES string of the molecule is CCCCCCCCCCCC(=O)c1ncc(CCCCCS(=O)(=O)CCC[N+](C)(C)C)o1.[I-]. The molecule has 34 heavy (non-hydrogen) atoms. The van der Waals surface area contributed by atoms with Crippen molar-refractivity contribution in [2.24, 2.45) is 0 Å². The Balaban J connectivity index is 0.0000109. The van der Waals surface area contributed by atoms with Crippen molar-refractivity contribution in [3.63, 3.8) is 0 Å². The van der Waals surface area contributed by atoms with Crippen molar-refractivity contribution in [3.8, 4) is 0 Å². The van der Waals surface area contributed by atoms with Crippen molar-refractivity contribution < 1.29 is 46.1 Å². The monoisotopic (exact) mass is 612 g/mol. The van der Waals surface area contributed by atoms with Crippen LogP contribution in [0, 0.1) is 0 Å². The Morgan fingerprint density at radius 2 is 1.41 bits per heavy atom. The highest BCUT2D eigenvalue weighted by atomic mass is 127. The number of rotatable bonds is 21. The molecule has 0 N–H and O–H groups in total. The normalized spacial score (nSPS) is 12.0. The number of ketones is 1. The second kappa shape index (κ2) is 18.7. The van der Waals surface area contributed by atoms with Crippen LogP contribution in [0.2, 0.25) is 0 Å². The van der Waals surface area contributed by atoms with Crippen LogP contribution >= 0.6 is 0 Å². The van der Waals surface area contributed by atoms with E-state index in [-0.39, 0.29) is 47.2 Å². The molecule has 0 bridgehead atoms. The number of quaternary nitrogens is 1. The first-order chi connectivity index (χ1) is 15.6. The second-order valence-corrected chi connectivity index (χ2v) is 12.8. The molecule has 8 heteroatoms. The Morgan fingerprint density at radius 1 is 0.853 bits per heavy atom. The summed E-state index contributed by atoms with van der Waals surface area (Å²) in [6.07, 6.45) is 16.9. The minimum atomic E-state index is -2.97. The highest BCUT2D eigenvalue weighted by molar-refractivity contribution is 7.91. The topological polar surface area (TPSA) is 77.2 Å². The maximum absolute atomic E-state index is 12.3. The van der Waals surface area contributed by atoms with Gasteiger partial charge in [0.2, 0.25) is 5.78 Å². The lowest BCUT2D eigenvalue weighted by Crippen LogP contribution is -3.00. The molecule has 0 spiro atoms. The summed E-state index contributed by atoms with van der Waals surface area (Å²) >= 11 is 0. The fraction of sp³-hybridized carbons (Fsp3) is 0.846. The van der Waals surface area contributed by atoms with E-state index in [1.807, 2.05) is 0 Å². The van der Waals surface area contributed by atoms with Crippen molar-refractivity contribution in [3.05, 3.63) is 17.8 Å². The minimum Gasteiger partial charge on any atom is -1.00 e. The number of Topliss-reactive ketones (excluding diaryl/α,β-unsaturated/α-hetero) is 1. The fourth-order valence-electron chi connectivity index (χ4n) is 3.91. The number of aryl methyl sites for hydroxylation is 1. The minimum absolute atomic E-state index is 0. The van der Waals surface area contributed by atoms with Gasteiger partial charge < -0.3 is 32.9 Å². The Hall–Kier alpha value is -0.480. The van der Waals surface area contributed by atoms with Crippen molar-refractivity contribution in [2.45, 2.75) is 103 Å². The molecule has 0 aliphatic carbocycles. The summed E-state index contributed by atoms with van der Waals surface area (Å²) in [5.74, 6) is 1.46. The molecule has 6 nitrogen and oxygen atoms in total.